The summed E-state index contributed by atoms with van der Waals surface area (Å²) in [4.78, 5) is 34.5. The third-order valence-electron chi connectivity index (χ3n) is 4.62. The number of hydrogen-bond donors (Lipinski definition) is 1. The van der Waals surface area contributed by atoms with Gasteiger partial charge in [-0.3, -0.25) is 9.59 Å². The highest BCUT2D eigenvalue weighted by atomic mass is 16.5. The molecule has 3 rings (SSSR count). The van der Waals surface area contributed by atoms with Gasteiger partial charge in [-0.05, 0) is 30.7 Å². The molecule has 7 heteroatoms. The largest absolute Gasteiger partial charge is 0.460 e. The van der Waals surface area contributed by atoms with Crippen LogP contribution in [0, 0.1) is 6.92 Å². The maximum atomic E-state index is 12.8. The van der Waals surface area contributed by atoms with Crippen LogP contribution in [0.25, 0.3) is 0 Å². The van der Waals surface area contributed by atoms with Crippen LogP contribution in [0.5, 0.6) is 6.01 Å². The molecule has 0 bridgehead atoms. The molecule has 0 atom stereocenters. The lowest BCUT2D eigenvalue weighted by atomic mass is 10.0. The van der Waals surface area contributed by atoms with Crippen LogP contribution in [0.1, 0.15) is 42.1 Å². The quantitative estimate of drug-likeness (QED) is 0.877. The van der Waals surface area contributed by atoms with Gasteiger partial charge in [-0.1, -0.05) is 13.0 Å². The van der Waals surface area contributed by atoms with Crippen molar-refractivity contribution in [2.24, 2.45) is 0 Å². The van der Waals surface area contributed by atoms with E-state index >= 15 is 0 Å². The Morgan fingerprint density at radius 2 is 1.93 bits per heavy atom. The van der Waals surface area contributed by atoms with Crippen LogP contribution in [0.4, 0.5) is 5.69 Å². The fourth-order valence-electron chi connectivity index (χ4n) is 2.98. The van der Waals surface area contributed by atoms with Crippen molar-refractivity contribution in [1.82, 2.24) is 14.9 Å². The number of hydrogen-bond acceptors (Lipinski definition) is 5. The number of aromatic nitrogens is 2. The molecule has 0 unspecified atom stereocenters. The van der Waals surface area contributed by atoms with Gasteiger partial charge < -0.3 is 15.0 Å². The van der Waals surface area contributed by atoms with Gasteiger partial charge in [0.15, 0.2) is 0 Å². The number of ether oxygens (including phenoxy) is 1. The highest BCUT2D eigenvalue weighted by Gasteiger charge is 2.25. The Labute approximate surface area is 158 Å². The van der Waals surface area contributed by atoms with Gasteiger partial charge >= 0.3 is 6.01 Å². The van der Waals surface area contributed by atoms with Gasteiger partial charge in [-0.25, -0.2) is 9.97 Å². The van der Waals surface area contributed by atoms with Gasteiger partial charge in [0.2, 0.25) is 5.91 Å². The van der Waals surface area contributed by atoms with Crippen LogP contribution >= 0.6 is 0 Å². The zero-order valence-electron chi connectivity index (χ0n) is 15.6. The van der Waals surface area contributed by atoms with Crippen molar-refractivity contribution in [2.75, 3.05) is 18.4 Å². The Morgan fingerprint density at radius 3 is 2.59 bits per heavy atom. The zero-order chi connectivity index (χ0) is 19.2. The van der Waals surface area contributed by atoms with Gasteiger partial charge in [0.05, 0.1) is 0 Å². The predicted molar refractivity (Wildman–Crippen MR) is 102 cm³/mol. The molecule has 1 aliphatic heterocycles. The lowest BCUT2D eigenvalue weighted by Crippen LogP contribution is -2.42. The number of rotatable bonds is 5. The number of carbonyl (C=O) groups is 2. The SMILES string of the molecule is CCC(=O)Nc1cc(C(=O)N2CCC(Oc3ncccn3)CC2)ccc1C. The highest BCUT2D eigenvalue weighted by molar-refractivity contribution is 5.97. The maximum absolute atomic E-state index is 12.8. The molecule has 142 valence electrons. The van der Waals surface area contributed by atoms with E-state index in [1.165, 1.54) is 0 Å². The molecule has 1 fully saturated rings. The Kier molecular flexibility index (Phi) is 6.01. The minimum absolute atomic E-state index is 0.00821. The molecule has 2 aromatic rings. The van der Waals surface area contributed by atoms with Crippen molar-refractivity contribution >= 4 is 17.5 Å². The number of nitrogens with one attached hydrogen (secondary N) is 1. The van der Waals surface area contributed by atoms with Crippen molar-refractivity contribution < 1.29 is 14.3 Å². The lowest BCUT2D eigenvalue weighted by molar-refractivity contribution is -0.115. The summed E-state index contributed by atoms with van der Waals surface area (Å²) in [6, 6.07) is 7.54. The molecule has 7 nitrogen and oxygen atoms in total. The van der Waals surface area contributed by atoms with Gasteiger partial charge in [0.25, 0.3) is 5.91 Å². The van der Waals surface area contributed by atoms with Crippen LogP contribution in [0.2, 0.25) is 0 Å². The standard InChI is InChI=1S/C20H24N4O3/c1-3-18(25)23-17-13-15(6-5-14(17)2)19(26)24-11-7-16(8-12-24)27-20-21-9-4-10-22-20/h4-6,9-10,13,16H,3,7-8,11-12H2,1-2H3,(H,23,25). The van der Waals surface area contributed by atoms with Crippen molar-refractivity contribution in [3.8, 4) is 6.01 Å². The molecular formula is C20H24N4O3. The van der Waals surface area contributed by atoms with Crippen molar-refractivity contribution in [2.45, 2.75) is 39.2 Å². The summed E-state index contributed by atoms with van der Waals surface area (Å²) in [5, 5.41) is 2.85. The van der Waals surface area contributed by atoms with E-state index in [4.69, 9.17) is 4.74 Å². The minimum atomic E-state index is -0.0659. The second-order valence-corrected chi connectivity index (χ2v) is 6.57. The van der Waals surface area contributed by atoms with Gasteiger partial charge in [0.1, 0.15) is 6.10 Å². The van der Waals surface area contributed by atoms with E-state index in [-0.39, 0.29) is 17.9 Å². The molecular weight excluding hydrogens is 344 g/mol. The molecule has 1 aromatic heterocycles. The molecule has 0 aliphatic carbocycles. The first-order chi connectivity index (χ1) is 13.1. The molecule has 1 N–H and O–H groups in total. The van der Waals surface area contributed by atoms with Crippen LogP contribution in [-0.4, -0.2) is 45.9 Å². The molecule has 0 saturated carbocycles. The number of benzene rings is 1. The summed E-state index contributed by atoms with van der Waals surface area (Å²) in [5.74, 6) is -0.0970. The van der Waals surface area contributed by atoms with E-state index in [0.717, 1.165) is 18.4 Å². The van der Waals surface area contributed by atoms with E-state index < -0.39 is 0 Å². The fraction of sp³-hybridized carbons (Fsp3) is 0.400. The number of nitrogens with zero attached hydrogens (tertiary/aromatic N) is 3. The number of piperidine rings is 1. The number of anilines is 1. The average Bonchev–Trinajstić information content (AvgIpc) is 2.70. The Morgan fingerprint density at radius 1 is 1.22 bits per heavy atom. The third kappa shape index (κ3) is 4.81. The first-order valence-corrected chi connectivity index (χ1v) is 9.20. The van der Waals surface area contributed by atoms with Gasteiger partial charge in [-0.15, -0.1) is 0 Å². The summed E-state index contributed by atoms with van der Waals surface area (Å²) >= 11 is 0. The van der Waals surface area contributed by atoms with Crippen LogP contribution in [-0.2, 0) is 4.79 Å². The normalized spacial score (nSPS) is 14.7. The summed E-state index contributed by atoms with van der Waals surface area (Å²) in [7, 11) is 0. The van der Waals surface area contributed by atoms with Crippen LogP contribution < -0.4 is 10.1 Å². The van der Waals surface area contributed by atoms with E-state index in [0.29, 0.717) is 36.8 Å². The molecule has 2 heterocycles. The monoisotopic (exact) mass is 368 g/mol. The average molecular weight is 368 g/mol. The molecule has 0 radical (unpaired) electrons. The van der Waals surface area contributed by atoms with E-state index in [1.807, 2.05) is 17.9 Å². The summed E-state index contributed by atoms with van der Waals surface area (Å²) in [6.45, 7) is 4.93. The third-order valence-corrected chi connectivity index (χ3v) is 4.62. The zero-order valence-corrected chi connectivity index (χ0v) is 15.6. The Balaban J connectivity index is 1.60. The first-order valence-electron chi connectivity index (χ1n) is 9.20. The first kappa shape index (κ1) is 18.8. The van der Waals surface area contributed by atoms with Gasteiger partial charge in [-0.2, -0.15) is 0 Å². The molecule has 2 amide bonds. The Hall–Kier alpha value is -2.96. The fourth-order valence-corrected chi connectivity index (χ4v) is 2.98. The van der Waals surface area contributed by atoms with Crippen molar-refractivity contribution in [1.29, 1.82) is 0 Å². The number of carbonyl (C=O) groups excluding carboxylic acids is 2. The number of aryl methyl sites for hydroxylation is 1. The topological polar surface area (TPSA) is 84.4 Å². The summed E-state index contributed by atoms with van der Waals surface area (Å²) in [6.07, 6.45) is 5.16. The summed E-state index contributed by atoms with van der Waals surface area (Å²) < 4.78 is 5.77. The molecule has 1 saturated heterocycles. The maximum Gasteiger partial charge on any atom is 0.316 e. The van der Waals surface area contributed by atoms with Crippen LogP contribution in [0.3, 0.4) is 0 Å². The predicted octanol–water partition coefficient (Wildman–Crippen LogP) is 2.82. The molecule has 0 spiro atoms. The summed E-state index contributed by atoms with van der Waals surface area (Å²) in [5.41, 5.74) is 2.20. The van der Waals surface area contributed by atoms with E-state index in [9.17, 15) is 9.59 Å². The van der Waals surface area contributed by atoms with Crippen molar-refractivity contribution in [3.63, 3.8) is 0 Å². The van der Waals surface area contributed by atoms with Crippen LogP contribution in [0.15, 0.2) is 36.7 Å². The van der Waals surface area contributed by atoms with Crippen molar-refractivity contribution in [3.05, 3.63) is 47.8 Å². The molecule has 1 aromatic carbocycles. The number of amides is 2. The van der Waals surface area contributed by atoms with E-state index in [1.54, 1.807) is 37.5 Å². The lowest BCUT2D eigenvalue weighted by Gasteiger charge is -2.31. The minimum Gasteiger partial charge on any atom is -0.460 e. The smallest absolute Gasteiger partial charge is 0.316 e. The second kappa shape index (κ2) is 8.62. The highest BCUT2D eigenvalue weighted by Crippen LogP contribution is 2.21. The van der Waals surface area contributed by atoms with E-state index in [2.05, 4.69) is 15.3 Å². The molecule has 1 aliphatic rings. The van der Waals surface area contributed by atoms with Gasteiger partial charge in [0, 0.05) is 56.0 Å². The Bertz CT molecular complexity index is 802. The second-order valence-electron chi connectivity index (χ2n) is 6.57. The molecule has 27 heavy (non-hydrogen) atoms. The number of likely N-dealkylation sites (tertiary alicyclic amines) is 1.